The van der Waals surface area contributed by atoms with Crippen LogP contribution in [-0.4, -0.2) is 16.4 Å². The van der Waals surface area contributed by atoms with Crippen LogP contribution < -0.4 is 24.8 Å². The number of hydrogen-bond acceptors (Lipinski definition) is 1. The molecule has 0 spiro atoms. The van der Waals surface area contributed by atoms with Crippen LogP contribution in [0.4, 0.5) is 0 Å². The van der Waals surface area contributed by atoms with Gasteiger partial charge < -0.3 is 24.8 Å². The first-order valence-corrected chi connectivity index (χ1v) is 10.2. The average molecular weight is 476 g/mol. The van der Waals surface area contributed by atoms with Crippen molar-refractivity contribution >= 4 is 8.78 Å². The van der Waals surface area contributed by atoms with Crippen molar-refractivity contribution in [2.75, 3.05) is 13.2 Å². The fourth-order valence-corrected chi connectivity index (χ4v) is 4.01. The number of rotatable bonds is 1. The van der Waals surface area contributed by atoms with E-state index in [-0.39, 0.29) is 24.8 Å². The molecule has 0 amide bonds. The molecule has 5 rings (SSSR count). The van der Waals surface area contributed by atoms with Crippen molar-refractivity contribution in [3.05, 3.63) is 77.4 Å². The van der Waals surface area contributed by atoms with Crippen LogP contribution in [0, 0.1) is 6.07 Å². The zero-order chi connectivity index (χ0) is 17.1. The fourth-order valence-electron chi connectivity index (χ4n) is 3.51. The molecule has 27 heavy (non-hydrogen) atoms. The molecule has 1 aliphatic heterocycles. The van der Waals surface area contributed by atoms with Gasteiger partial charge in [0.25, 0.3) is 0 Å². The Balaban J connectivity index is 0.000000250. The Bertz CT molecular complexity index is 862. The summed E-state index contributed by atoms with van der Waals surface area (Å²) in [5.74, 6) is 0. The molecule has 1 fully saturated rings. The molecule has 0 atom stereocenters. The predicted octanol–water partition coefficient (Wildman–Crippen LogP) is -1.07. The van der Waals surface area contributed by atoms with Crippen LogP contribution in [-0.2, 0) is 35.4 Å². The molecule has 2 aromatic rings. The molecular weight excluding hydrogens is 454 g/mol. The maximum Gasteiger partial charge on any atom is -0.0195 e. The maximum atomic E-state index is 5.13. The van der Waals surface area contributed by atoms with Gasteiger partial charge in [0.15, 0.2) is 0 Å². The molecule has 1 nitrogen and oxygen atoms in total. The summed E-state index contributed by atoms with van der Waals surface area (Å²) in [4.78, 5) is 0. The van der Waals surface area contributed by atoms with Gasteiger partial charge in [0.1, 0.15) is 0 Å². The van der Waals surface area contributed by atoms with E-state index < -0.39 is 0 Å². The first-order valence-electron chi connectivity index (χ1n) is 8.95. The zero-order valence-electron chi connectivity index (χ0n) is 15.1. The second-order valence-electron chi connectivity index (χ2n) is 6.64. The van der Waals surface area contributed by atoms with E-state index in [9.17, 15) is 0 Å². The molecule has 2 aromatic carbocycles. The molecule has 4 heteroatoms. The zero-order valence-corrected chi connectivity index (χ0v) is 19.1. The van der Waals surface area contributed by atoms with Gasteiger partial charge in [-0.15, -0.1) is 41.0 Å². The summed E-state index contributed by atoms with van der Waals surface area (Å²) in [6.07, 6.45) is 11.0. The van der Waals surface area contributed by atoms with Gasteiger partial charge >= 0.3 is 58.2 Å². The Morgan fingerprint density at radius 3 is 2.37 bits per heavy atom. The second kappa shape index (κ2) is 10.7. The standard InChI is InChI=1S/C18H13.C5H8O.2ClH.Zr/c1-2-6-13(5-1)14-9-10-18-16(11-14)12-15-7-3-4-8-17(15)18;1-2-4-6-5-3-1;;;/h1-5,7-10H,6,12H2;2-5H2;2*1H;/q-1;;;;+2/p-2. The van der Waals surface area contributed by atoms with Crippen molar-refractivity contribution in [3.8, 4) is 11.1 Å². The minimum absolute atomic E-state index is 0. The van der Waals surface area contributed by atoms with Gasteiger partial charge in [0, 0.05) is 0 Å². The SMILES string of the molecule is [Cl-].[Cl-].[Zr+2]=[C]1CCOCC1.[c-]1c(C2=CC=CC2)ccc2c1Cc1ccccc1-2. The summed E-state index contributed by atoms with van der Waals surface area (Å²) in [7, 11) is 0. The Morgan fingerprint density at radius 2 is 1.70 bits per heavy atom. The Labute approximate surface area is 189 Å². The minimum Gasteiger partial charge on any atom is -0.147 e. The second-order valence-corrected chi connectivity index (χ2v) is 8.38. The number of ether oxygens (including phenoxy) is 1. The smallest absolute Gasteiger partial charge is 0.0195 e. The Morgan fingerprint density at radius 1 is 0.926 bits per heavy atom. The van der Waals surface area contributed by atoms with Gasteiger partial charge in [-0.3, -0.25) is 0 Å². The molecule has 0 aromatic heterocycles. The third kappa shape index (κ3) is 5.39. The number of allylic oxidation sites excluding steroid dienone is 4. The molecule has 1 heterocycles. The van der Waals surface area contributed by atoms with E-state index in [0.29, 0.717) is 0 Å². The fraction of sp³-hybridized carbons (Fsp3) is 0.261. The summed E-state index contributed by atoms with van der Waals surface area (Å²) in [6, 6.07) is 16.7. The van der Waals surface area contributed by atoms with Crippen LogP contribution in [0.5, 0.6) is 0 Å². The summed E-state index contributed by atoms with van der Waals surface area (Å²) in [5.41, 5.74) is 8.16. The summed E-state index contributed by atoms with van der Waals surface area (Å²) < 4.78 is 6.81. The topological polar surface area (TPSA) is 9.23 Å². The van der Waals surface area contributed by atoms with E-state index in [0.717, 1.165) is 26.1 Å². The first-order chi connectivity index (χ1) is 12.3. The van der Waals surface area contributed by atoms with Gasteiger partial charge in [-0.1, -0.05) is 47.5 Å². The summed E-state index contributed by atoms with van der Waals surface area (Å²) in [6.45, 7) is 1.95. The van der Waals surface area contributed by atoms with Crippen molar-refractivity contribution in [3.63, 3.8) is 0 Å². The van der Waals surface area contributed by atoms with E-state index in [1.165, 1.54) is 46.2 Å². The van der Waals surface area contributed by atoms with Crippen LogP contribution in [0.25, 0.3) is 16.7 Å². The third-order valence-electron chi connectivity index (χ3n) is 4.92. The van der Waals surface area contributed by atoms with Crippen LogP contribution in [0.2, 0.25) is 0 Å². The van der Waals surface area contributed by atoms with Crippen LogP contribution in [0.3, 0.4) is 0 Å². The number of benzene rings is 2. The van der Waals surface area contributed by atoms with Crippen molar-refractivity contribution in [2.45, 2.75) is 25.7 Å². The predicted molar refractivity (Wildman–Crippen MR) is 100 cm³/mol. The van der Waals surface area contributed by atoms with E-state index in [4.69, 9.17) is 4.74 Å². The van der Waals surface area contributed by atoms with Gasteiger partial charge in [-0.25, -0.2) is 0 Å². The molecule has 0 bridgehead atoms. The summed E-state index contributed by atoms with van der Waals surface area (Å²) in [5, 5.41) is 0. The molecule has 2 aliphatic carbocycles. The molecule has 0 radical (unpaired) electrons. The number of halogens is 2. The largest absolute Gasteiger partial charge is 0.147 e. The normalized spacial score (nSPS) is 16.2. The van der Waals surface area contributed by atoms with E-state index in [1.807, 2.05) is 0 Å². The minimum atomic E-state index is 0. The van der Waals surface area contributed by atoms with Crippen molar-refractivity contribution in [1.29, 1.82) is 0 Å². The van der Waals surface area contributed by atoms with E-state index in [2.05, 4.69) is 60.7 Å². The monoisotopic (exact) mass is 473 g/mol. The van der Waals surface area contributed by atoms with Gasteiger partial charge in [-0.05, 0) is 18.4 Å². The molecule has 138 valence electrons. The van der Waals surface area contributed by atoms with Gasteiger partial charge in [-0.2, -0.15) is 0 Å². The number of fused-ring (bicyclic) bond motifs is 3. The third-order valence-corrected chi connectivity index (χ3v) is 6.14. The first kappa shape index (κ1) is 22.5. The molecular formula is C23H21Cl2OZr-. The van der Waals surface area contributed by atoms with Gasteiger partial charge in [0.05, 0.1) is 0 Å². The Hall–Kier alpha value is -0.787. The van der Waals surface area contributed by atoms with E-state index in [1.54, 1.807) is 27.4 Å². The van der Waals surface area contributed by atoms with Crippen molar-refractivity contribution < 1.29 is 53.8 Å². The van der Waals surface area contributed by atoms with Crippen molar-refractivity contribution in [2.24, 2.45) is 0 Å². The molecule has 0 N–H and O–H groups in total. The maximum absolute atomic E-state index is 5.13. The molecule has 0 unspecified atom stereocenters. The molecule has 0 saturated carbocycles. The van der Waals surface area contributed by atoms with Crippen molar-refractivity contribution in [1.82, 2.24) is 0 Å². The van der Waals surface area contributed by atoms with Gasteiger partial charge in [0.2, 0.25) is 0 Å². The molecule has 1 saturated heterocycles. The average Bonchev–Trinajstić information content (AvgIpc) is 3.30. The quantitative estimate of drug-likeness (QED) is 0.408. The number of hydrogen-bond donors (Lipinski definition) is 0. The summed E-state index contributed by atoms with van der Waals surface area (Å²) >= 11 is 1.61. The van der Waals surface area contributed by atoms with Crippen LogP contribution in [0.15, 0.2) is 54.6 Å². The van der Waals surface area contributed by atoms with Crippen LogP contribution in [0.1, 0.15) is 36.0 Å². The molecule has 3 aliphatic rings. The van der Waals surface area contributed by atoms with Crippen LogP contribution >= 0.6 is 0 Å². The Kier molecular flexibility index (Phi) is 8.90. The van der Waals surface area contributed by atoms with E-state index >= 15 is 0 Å².